The summed E-state index contributed by atoms with van der Waals surface area (Å²) < 4.78 is 0. The number of nitrogens with one attached hydrogen (secondary N) is 1. The standard InChI is InChI=1S/C19H23NO3/c1-13(19(22)23)14(2)20-18(21)9-5-6-15-10-11-16-7-3-4-8-17(16)12-15/h3-4,7-8,10-14H,5-6,9H2,1-2H3,(H,20,21)(H,22,23). The third kappa shape index (κ3) is 4.81. The van der Waals surface area contributed by atoms with Crippen molar-refractivity contribution < 1.29 is 14.7 Å². The lowest BCUT2D eigenvalue weighted by molar-refractivity contribution is -0.142. The van der Waals surface area contributed by atoms with Crippen molar-refractivity contribution in [1.82, 2.24) is 5.32 Å². The maximum Gasteiger partial charge on any atom is 0.308 e. The smallest absolute Gasteiger partial charge is 0.308 e. The first-order valence-corrected chi connectivity index (χ1v) is 7.97. The third-order valence-electron chi connectivity index (χ3n) is 4.21. The van der Waals surface area contributed by atoms with Gasteiger partial charge in [0.25, 0.3) is 0 Å². The minimum atomic E-state index is -0.894. The normalized spacial score (nSPS) is 13.5. The van der Waals surface area contributed by atoms with Crippen LogP contribution in [0.5, 0.6) is 0 Å². The average molecular weight is 313 g/mol. The molecule has 0 aliphatic heterocycles. The zero-order valence-electron chi connectivity index (χ0n) is 13.6. The number of carboxylic acids is 1. The van der Waals surface area contributed by atoms with Gasteiger partial charge in [0.15, 0.2) is 0 Å². The molecular formula is C19H23NO3. The van der Waals surface area contributed by atoms with E-state index in [0.29, 0.717) is 6.42 Å². The summed E-state index contributed by atoms with van der Waals surface area (Å²) in [7, 11) is 0. The summed E-state index contributed by atoms with van der Waals surface area (Å²) >= 11 is 0. The van der Waals surface area contributed by atoms with E-state index >= 15 is 0 Å². The molecule has 0 fully saturated rings. The van der Waals surface area contributed by atoms with E-state index in [4.69, 9.17) is 5.11 Å². The number of amides is 1. The highest BCUT2D eigenvalue weighted by Gasteiger charge is 2.20. The summed E-state index contributed by atoms with van der Waals surface area (Å²) in [6.45, 7) is 3.32. The second kappa shape index (κ2) is 7.77. The monoisotopic (exact) mass is 313 g/mol. The Morgan fingerprint density at radius 2 is 1.78 bits per heavy atom. The van der Waals surface area contributed by atoms with Crippen LogP contribution < -0.4 is 5.32 Å². The minimum absolute atomic E-state index is 0.0913. The van der Waals surface area contributed by atoms with Crippen molar-refractivity contribution in [3.05, 3.63) is 48.0 Å². The van der Waals surface area contributed by atoms with E-state index < -0.39 is 11.9 Å². The van der Waals surface area contributed by atoms with Gasteiger partial charge >= 0.3 is 5.97 Å². The van der Waals surface area contributed by atoms with Crippen molar-refractivity contribution in [2.24, 2.45) is 5.92 Å². The molecule has 2 unspecified atom stereocenters. The molecule has 0 aliphatic rings. The average Bonchev–Trinajstić information content (AvgIpc) is 2.53. The lowest BCUT2D eigenvalue weighted by atomic mass is 10.0. The Labute approximate surface area is 136 Å². The molecule has 0 saturated carbocycles. The van der Waals surface area contributed by atoms with Gasteiger partial charge in [0.1, 0.15) is 0 Å². The lowest BCUT2D eigenvalue weighted by Crippen LogP contribution is -2.39. The van der Waals surface area contributed by atoms with Gasteiger partial charge in [-0.25, -0.2) is 0 Å². The quantitative estimate of drug-likeness (QED) is 0.823. The number of aryl methyl sites for hydroxylation is 1. The van der Waals surface area contributed by atoms with Crippen LogP contribution in [0.2, 0.25) is 0 Å². The molecule has 23 heavy (non-hydrogen) atoms. The molecule has 0 radical (unpaired) electrons. The summed E-state index contributed by atoms with van der Waals surface area (Å²) in [4.78, 5) is 22.8. The van der Waals surface area contributed by atoms with E-state index in [-0.39, 0.29) is 11.9 Å². The van der Waals surface area contributed by atoms with E-state index in [1.165, 1.54) is 16.3 Å². The van der Waals surface area contributed by atoms with Crippen LogP contribution in [0.3, 0.4) is 0 Å². The molecule has 0 bridgehead atoms. The maximum absolute atomic E-state index is 11.9. The highest BCUT2D eigenvalue weighted by molar-refractivity contribution is 5.83. The summed E-state index contributed by atoms with van der Waals surface area (Å²) in [5.74, 6) is -1.57. The Balaban J connectivity index is 1.81. The predicted octanol–water partition coefficient (Wildman–Crippen LogP) is 3.39. The number of fused-ring (bicyclic) bond motifs is 1. The Morgan fingerprint density at radius 3 is 2.48 bits per heavy atom. The van der Waals surface area contributed by atoms with Gasteiger partial charge in [0.05, 0.1) is 5.92 Å². The van der Waals surface area contributed by atoms with Crippen LogP contribution in [-0.4, -0.2) is 23.0 Å². The van der Waals surface area contributed by atoms with Crippen LogP contribution >= 0.6 is 0 Å². The van der Waals surface area contributed by atoms with Crippen LogP contribution in [0.15, 0.2) is 42.5 Å². The molecule has 2 rings (SSSR count). The number of aliphatic carboxylic acids is 1. The molecule has 2 aromatic rings. The van der Waals surface area contributed by atoms with E-state index in [1.54, 1.807) is 13.8 Å². The first kappa shape index (κ1) is 17.0. The fraction of sp³-hybridized carbons (Fsp3) is 0.368. The van der Waals surface area contributed by atoms with Crippen molar-refractivity contribution in [1.29, 1.82) is 0 Å². The van der Waals surface area contributed by atoms with Crippen molar-refractivity contribution in [2.45, 2.75) is 39.2 Å². The Morgan fingerprint density at radius 1 is 1.09 bits per heavy atom. The van der Waals surface area contributed by atoms with Crippen LogP contribution in [0.25, 0.3) is 10.8 Å². The largest absolute Gasteiger partial charge is 0.481 e. The zero-order valence-corrected chi connectivity index (χ0v) is 13.6. The molecule has 0 aliphatic carbocycles. The van der Waals surface area contributed by atoms with Crippen LogP contribution in [-0.2, 0) is 16.0 Å². The second-order valence-electron chi connectivity index (χ2n) is 6.02. The summed E-state index contributed by atoms with van der Waals surface area (Å²) in [6, 6.07) is 14.2. The number of benzene rings is 2. The molecule has 2 atom stereocenters. The van der Waals surface area contributed by atoms with E-state index in [0.717, 1.165) is 12.8 Å². The fourth-order valence-electron chi connectivity index (χ4n) is 2.51. The van der Waals surface area contributed by atoms with E-state index in [2.05, 4.69) is 35.6 Å². The molecule has 0 heterocycles. The molecule has 1 amide bonds. The van der Waals surface area contributed by atoms with Crippen molar-refractivity contribution in [2.75, 3.05) is 0 Å². The third-order valence-corrected chi connectivity index (χ3v) is 4.21. The van der Waals surface area contributed by atoms with Gasteiger partial charge in [-0.1, -0.05) is 42.5 Å². The minimum Gasteiger partial charge on any atom is -0.481 e. The molecule has 4 heteroatoms. The van der Waals surface area contributed by atoms with Gasteiger partial charge in [0.2, 0.25) is 5.91 Å². The van der Waals surface area contributed by atoms with Crippen LogP contribution in [0, 0.1) is 5.92 Å². The van der Waals surface area contributed by atoms with Gasteiger partial charge in [-0.2, -0.15) is 0 Å². The molecule has 122 valence electrons. The lowest BCUT2D eigenvalue weighted by Gasteiger charge is -2.17. The van der Waals surface area contributed by atoms with Gasteiger partial charge in [-0.05, 0) is 43.0 Å². The molecule has 0 saturated heterocycles. The Bertz CT molecular complexity index is 696. The van der Waals surface area contributed by atoms with Crippen LogP contribution in [0.4, 0.5) is 0 Å². The summed E-state index contributed by atoms with van der Waals surface area (Å²) in [6.07, 6.45) is 1.99. The summed E-state index contributed by atoms with van der Waals surface area (Å²) in [5.41, 5.74) is 1.21. The molecule has 2 N–H and O–H groups in total. The van der Waals surface area contributed by atoms with Gasteiger partial charge < -0.3 is 10.4 Å². The summed E-state index contributed by atoms with van der Waals surface area (Å²) in [5, 5.41) is 14.1. The molecule has 4 nitrogen and oxygen atoms in total. The first-order valence-electron chi connectivity index (χ1n) is 7.97. The van der Waals surface area contributed by atoms with E-state index in [9.17, 15) is 9.59 Å². The highest BCUT2D eigenvalue weighted by atomic mass is 16.4. The number of hydrogen-bond donors (Lipinski definition) is 2. The molecular weight excluding hydrogens is 290 g/mol. The number of rotatable bonds is 7. The number of carbonyl (C=O) groups excluding carboxylic acids is 1. The van der Waals surface area contributed by atoms with Gasteiger partial charge in [-0.15, -0.1) is 0 Å². The van der Waals surface area contributed by atoms with Crippen LogP contribution in [0.1, 0.15) is 32.3 Å². The molecule has 0 aromatic heterocycles. The molecule has 2 aromatic carbocycles. The Kier molecular flexibility index (Phi) is 5.74. The zero-order chi connectivity index (χ0) is 16.8. The van der Waals surface area contributed by atoms with E-state index in [1.807, 2.05) is 12.1 Å². The SMILES string of the molecule is CC(NC(=O)CCCc1ccc2ccccc2c1)C(C)C(=O)O. The molecule has 0 spiro atoms. The highest BCUT2D eigenvalue weighted by Crippen LogP contribution is 2.17. The Hall–Kier alpha value is -2.36. The topological polar surface area (TPSA) is 66.4 Å². The second-order valence-corrected chi connectivity index (χ2v) is 6.02. The fourth-order valence-corrected chi connectivity index (χ4v) is 2.51. The van der Waals surface area contributed by atoms with Crippen molar-refractivity contribution >= 4 is 22.6 Å². The van der Waals surface area contributed by atoms with Gasteiger partial charge in [0, 0.05) is 12.5 Å². The van der Waals surface area contributed by atoms with Gasteiger partial charge in [-0.3, -0.25) is 9.59 Å². The first-order chi connectivity index (χ1) is 11.0. The maximum atomic E-state index is 11.9. The number of hydrogen-bond acceptors (Lipinski definition) is 2. The van der Waals surface area contributed by atoms with Crippen molar-refractivity contribution in [3.8, 4) is 0 Å². The van der Waals surface area contributed by atoms with Crippen molar-refractivity contribution in [3.63, 3.8) is 0 Å². The number of carbonyl (C=O) groups is 2. The predicted molar refractivity (Wildman–Crippen MR) is 91.3 cm³/mol. The number of carboxylic acid groups (broad SMARTS) is 1.